The number of halogens is 2. The first-order valence-electron chi connectivity index (χ1n) is 16.5. The maximum Gasteiger partial charge on any atom is 0.410 e. The summed E-state index contributed by atoms with van der Waals surface area (Å²) < 4.78 is 61.4. The van der Waals surface area contributed by atoms with Crippen LogP contribution in [-0.4, -0.2) is 65.9 Å². The van der Waals surface area contributed by atoms with E-state index in [4.69, 9.17) is 4.74 Å². The fraction of sp³-hybridized carbons (Fsp3) is 0.417. The summed E-state index contributed by atoms with van der Waals surface area (Å²) in [6.07, 6.45) is 5.43. The predicted octanol–water partition coefficient (Wildman–Crippen LogP) is 5.85. The van der Waals surface area contributed by atoms with Gasteiger partial charge in [0.1, 0.15) is 22.8 Å². The first-order valence-corrected chi connectivity index (χ1v) is 18.6. The Kier molecular flexibility index (Phi) is 9.27. The summed E-state index contributed by atoms with van der Waals surface area (Å²) in [6.45, 7) is 6.30. The number of sulfone groups is 1. The standard InChI is InChI=1S/C36H41F2N5O6S/c1-36(2,3)49-35(46)42-14-12-23(13-15-42)40-31(44)11-10-29-25-18-39-33-32(25)26(19-41(4)34(33)45)24-16-21(20-50(5,47)48)6-8-28(24)43(29)30-9-7-22(37)17-27(30)38/h6-9,16-19,23,29,39H,10-15,20H2,1-5H3,(H,40,44). The van der Waals surface area contributed by atoms with Crippen LogP contribution in [0.5, 0.6) is 0 Å². The SMILES string of the molecule is Cn1cc2c3c(c[nH]c3c1=O)C(CCC(=O)NC1CCN(C(=O)OC(C)(C)C)CC1)N(c1ccc(F)cc1F)c1ccc(CS(C)(=O)=O)cc1-2. The van der Waals surface area contributed by atoms with Gasteiger partial charge in [0.15, 0.2) is 9.84 Å². The second kappa shape index (κ2) is 13.2. The number of H-pyrrole nitrogens is 1. The third-order valence-corrected chi connectivity index (χ3v) is 9.93. The highest BCUT2D eigenvalue weighted by atomic mass is 32.2. The number of amides is 2. The van der Waals surface area contributed by atoms with Crippen molar-refractivity contribution in [2.75, 3.05) is 24.2 Å². The number of pyridine rings is 1. The van der Waals surface area contributed by atoms with Crippen molar-refractivity contribution in [3.05, 3.63) is 81.9 Å². The lowest BCUT2D eigenvalue weighted by Crippen LogP contribution is -2.47. The quantitative estimate of drug-likeness (QED) is 0.246. The van der Waals surface area contributed by atoms with E-state index in [0.29, 0.717) is 64.8 Å². The number of fused-ring (bicyclic) bond motifs is 2. The number of hydrogen-bond acceptors (Lipinski definition) is 7. The molecule has 2 aromatic heterocycles. The molecule has 1 unspecified atom stereocenters. The van der Waals surface area contributed by atoms with Crippen molar-refractivity contribution in [2.24, 2.45) is 7.05 Å². The Labute approximate surface area is 289 Å². The van der Waals surface area contributed by atoms with Gasteiger partial charge in [-0.1, -0.05) is 6.07 Å². The van der Waals surface area contributed by atoms with Gasteiger partial charge in [-0.15, -0.1) is 0 Å². The molecule has 1 atom stereocenters. The maximum absolute atomic E-state index is 15.8. The van der Waals surface area contributed by atoms with E-state index in [-0.39, 0.29) is 47.9 Å². The highest BCUT2D eigenvalue weighted by molar-refractivity contribution is 7.89. The molecule has 2 aromatic carbocycles. The van der Waals surface area contributed by atoms with E-state index >= 15 is 4.39 Å². The number of benzene rings is 2. The summed E-state index contributed by atoms with van der Waals surface area (Å²) in [7, 11) is -1.80. The minimum Gasteiger partial charge on any atom is -0.444 e. The Morgan fingerprint density at radius 3 is 2.40 bits per heavy atom. The van der Waals surface area contributed by atoms with Crippen LogP contribution in [-0.2, 0) is 32.2 Å². The van der Waals surface area contributed by atoms with Crippen molar-refractivity contribution >= 4 is 44.1 Å². The van der Waals surface area contributed by atoms with E-state index in [1.54, 1.807) is 47.4 Å². The number of piperidine rings is 1. The summed E-state index contributed by atoms with van der Waals surface area (Å²) in [4.78, 5) is 45.7. The topological polar surface area (TPSA) is 134 Å². The second-order valence-electron chi connectivity index (χ2n) is 14.2. The number of nitrogens with one attached hydrogen (secondary N) is 2. The molecular weight excluding hydrogens is 668 g/mol. The Morgan fingerprint density at radius 2 is 1.74 bits per heavy atom. The summed E-state index contributed by atoms with van der Waals surface area (Å²) >= 11 is 0. The summed E-state index contributed by atoms with van der Waals surface area (Å²) in [5.41, 5.74) is 2.28. The van der Waals surface area contributed by atoms with Crippen molar-refractivity contribution in [3.8, 4) is 11.1 Å². The van der Waals surface area contributed by atoms with Crippen LogP contribution in [0.15, 0.2) is 53.6 Å². The largest absolute Gasteiger partial charge is 0.444 e. The molecule has 0 aliphatic carbocycles. The van der Waals surface area contributed by atoms with E-state index in [9.17, 15) is 27.2 Å². The van der Waals surface area contributed by atoms with Crippen LogP contribution in [0.1, 0.15) is 63.6 Å². The number of ether oxygens (including phenoxy) is 1. The van der Waals surface area contributed by atoms with Crippen LogP contribution >= 0.6 is 0 Å². The number of anilines is 2. The van der Waals surface area contributed by atoms with Gasteiger partial charge < -0.3 is 29.4 Å². The van der Waals surface area contributed by atoms with Crippen LogP contribution in [0.25, 0.3) is 22.0 Å². The van der Waals surface area contributed by atoms with Gasteiger partial charge in [0.25, 0.3) is 5.56 Å². The third kappa shape index (κ3) is 7.25. The minimum atomic E-state index is -3.41. The van der Waals surface area contributed by atoms with Gasteiger partial charge in [0.05, 0.1) is 17.5 Å². The number of carbonyl (C=O) groups is 2. The molecule has 14 heteroatoms. The van der Waals surface area contributed by atoms with Crippen LogP contribution < -0.4 is 15.8 Å². The number of carbonyl (C=O) groups excluding carboxylic acids is 2. The molecule has 2 aliphatic rings. The van der Waals surface area contributed by atoms with Gasteiger partial charge in [-0.05, 0) is 69.9 Å². The maximum atomic E-state index is 15.8. The van der Waals surface area contributed by atoms with E-state index in [1.807, 2.05) is 20.8 Å². The van der Waals surface area contributed by atoms with Crippen LogP contribution in [0.2, 0.25) is 0 Å². The van der Waals surface area contributed by atoms with Gasteiger partial charge in [0.2, 0.25) is 5.91 Å². The number of rotatable bonds is 7. The molecule has 2 N–H and O–H groups in total. The number of hydrogen-bond donors (Lipinski definition) is 2. The average Bonchev–Trinajstić information content (AvgIpc) is 3.42. The van der Waals surface area contributed by atoms with Crippen molar-refractivity contribution in [1.29, 1.82) is 0 Å². The first-order chi connectivity index (χ1) is 23.5. The molecule has 11 nitrogen and oxygen atoms in total. The Bertz CT molecular complexity index is 2150. The Hall–Kier alpha value is -4.72. The van der Waals surface area contributed by atoms with Crippen LogP contribution in [0.3, 0.4) is 0 Å². The summed E-state index contributed by atoms with van der Waals surface area (Å²) in [5.74, 6) is -2.05. The Morgan fingerprint density at radius 1 is 1.04 bits per heavy atom. The van der Waals surface area contributed by atoms with Crippen molar-refractivity contribution in [1.82, 2.24) is 19.8 Å². The molecule has 1 saturated heterocycles. The molecule has 0 spiro atoms. The smallest absolute Gasteiger partial charge is 0.410 e. The van der Waals surface area contributed by atoms with Gasteiger partial charge in [-0.2, -0.15) is 0 Å². The van der Waals surface area contributed by atoms with E-state index in [2.05, 4.69) is 10.3 Å². The molecule has 4 aromatic rings. The molecule has 266 valence electrons. The second-order valence-corrected chi connectivity index (χ2v) is 16.3. The molecule has 6 rings (SSSR count). The van der Waals surface area contributed by atoms with Gasteiger partial charge in [-0.3, -0.25) is 9.59 Å². The molecule has 1 fully saturated rings. The lowest BCUT2D eigenvalue weighted by atomic mass is 9.97. The van der Waals surface area contributed by atoms with Gasteiger partial charge >= 0.3 is 6.09 Å². The van der Waals surface area contributed by atoms with Crippen LogP contribution in [0, 0.1) is 11.6 Å². The molecule has 4 heterocycles. The fourth-order valence-electron chi connectivity index (χ4n) is 6.93. The highest BCUT2D eigenvalue weighted by Gasteiger charge is 2.35. The van der Waals surface area contributed by atoms with Gasteiger partial charge in [-0.25, -0.2) is 22.0 Å². The highest BCUT2D eigenvalue weighted by Crippen LogP contribution is 2.50. The summed E-state index contributed by atoms with van der Waals surface area (Å²) in [5, 5.41) is 3.66. The number of aryl methyl sites for hydroxylation is 1. The lowest BCUT2D eigenvalue weighted by molar-refractivity contribution is -0.122. The normalized spacial score (nSPS) is 16.7. The van der Waals surface area contributed by atoms with Crippen molar-refractivity contribution in [2.45, 2.75) is 69.9 Å². The molecule has 50 heavy (non-hydrogen) atoms. The third-order valence-electron chi connectivity index (χ3n) is 9.07. The zero-order valence-electron chi connectivity index (χ0n) is 28.7. The average molecular weight is 710 g/mol. The first kappa shape index (κ1) is 35.1. The molecule has 2 amide bonds. The lowest BCUT2D eigenvalue weighted by Gasteiger charge is -2.35. The van der Waals surface area contributed by atoms with Gasteiger partial charge in [0, 0.05) is 85.1 Å². The zero-order valence-corrected chi connectivity index (χ0v) is 29.5. The monoisotopic (exact) mass is 709 g/mol. The number of aromatic amines is 1. The van der Waals surface area contributed by atoms with Crippen LogP contribution in [0.4, 0.5) is 25.0 Å². The fourth-order valence-corrected chi connectivity index (χ4v) is 7.71. The molecule has 0 saturated carbocycles. The van der Waals surface area contributed by atoms with Crippen molar-refractivity contribution in [3.63, 3.8) is 0 Å². The van der Waals surface area contributed by atoms with E-state index in [0.717, 1.165) is 18.4 Å². The molecule has 0 radical (unpaired) electrons. The number of nitrogens with zero attached hydrogens (tertiary/aromatic N) is 3. The molecule has 0 bridgehead atoms. The van der Waals surface area contributed by atoms with E-state index in [1.165, 1.54) is 10.6 Å². The number of likely N-dealkylation sites (tertiary alicyclic amines) is 1. The zero-order chi connectivity index (χ0) is 36.1. The predicted molar refractivity (Wildman–Crippen MR) is 187 cm³/mol. The van der Waals surface area contributed by atoms with E-state index < -0.39 is 33.1 Å². The van der Waals surface area contributed by atoms with Crippen molar-refractivity contribution < 1.29 is 31.5 Å². The Balaban J connectivity index is 1.36. The molecular formula is C36H41F2N5O6S. The summed E-state index contributed by atoms with van der Waals surface area (Å²) in [6, 6.07) is 7.52. The number of aromatic nitrogens is 2. The minimum absolute atomic E-state index is 0.0323. The molecule has 2 aliphatic heterocycles.